The molecule has 0 aliphatic carbocycles. The summed E-state index contributed by atoms with van der Waals surface area (Å²) < 4.78 is 25.8. The molecule has 2 aromatic rings. The van der Waals surface area contributed by atoms with Crippen LogP contribution in [0.5, 0.6) is 0 Å². The molecule has 0 aromatic heterocycles. The fourth-order valence-electron chi connectivity index (χ4n) is 1.61. The van der Waals surface area contributed by atoms with Crippen molar-refractivity contribution in [3.63, 3.8) is 0 Å². The van der Waals surface area contributed by atoms with Crippen LogP contribution >= 0.6 is 0 Å². The zero-order chi connectivity index (χ0) is 13.8. The van der Waals surface area contributed by atoms with Gasteiger partial charge in [0.05, 0.1) is 28.2 Å². The number of nitrogens with zero attached hydrogens (tertiary/aromatic N) is 1. The van der Waals surface area contributed by atoms with E-state index in [1.54, 1.807) is 24.3 Å². The Hall–Kier alpha value is -2.19. The third-order valence-corrected chi connectivity index (χ3v) is 3.94. The van der Waals surface area contributed by atoms with Gasteiger partial charge in [-0.3, -0.25) is 4.21 Å². The SMILES string of the molecule is N#Cc1ccc(CS(=O)c2cccc(N)c2)c(F)c1. The molecule has 0 heterocycles. The molecule has 0 fully saturated rings. The molecular formula is C14H11FN2OS. The highest BCUT2D eigenvalue weighted by Crippen LogP contribution is 2.17. The Morgan fingerprint density at radius 1 is 1.26 bits per heavy atom. The highest BCUT2D eigenvalue weighted by molar-refractivity contribution is 7.84. The van der Waals surface area contributed by atoms with Crippen molar-refractivity contribution >= 4 is 16.5 Å². The molecule has 0 amide bonds. The summed E-state index contributed by atoms with van der Waals surface area (Å²) in [6.07, 6.45) is 0. The second-order valence-corrected chi connectivity index (χ2v) is 5.43. The van der Waals surface area contributed by atoms with E-state index in [0.29, 0.717) is 16.1 Å². The highest BCUT2D eigenvalue weighted by Gasteiger charge is 2.10. The third kappa shape index (κ3) is 3.18. The van der Waals surface area contributed by atoms with Gasteiger partial charge in [-0.05, 0) is 30.3 Å². The van der Waals surface area contributed by atoms with Crippen molar-refractivity contribution in [2.24, 2.45) is 0 Å². The van der Waals surface area contributed by atoms with Crippen molar-refractivity contribution in [1.82, 2.24) is 0 Å². The molecule has 3 nitrogen and oxygen atoms in total. The molecule has 2 aromatic carbocycles. The second kappa shape index (κ2) is 5.63. The van der Waals surface area contributed by atoms with Crippen LogP contribution in [0.3, 0.4) is 0 Å². The third-order valence-electron chi connectivity index (χ3n) is 2.59. The number of hydrogen-bond donors (Lipinski definition) is 1. The van der Waals surface area contributed by atoms with Crippen LogP contribution in [-0.4, -0.2) is 4.21 Å². The van der Waals surface area contributed by atoms with Gasteiger partial charge in [-0.1, -0.05) is 12.1 Å². The van der Waals surface area contributed by atoms with E-state index in [1.807, 2.05) is 6.07 Å². The van der Waals surface area contributed by atoms with Crippen molar-refractivity contribution in [2.45, 2.75) is 10.6 Å². The minimum atomic E-state index is -1.37. The lowest BCUT2D eigenvalue weighted by Gasteiger charge is -2.05. The van der Waals surface area contributed by atoms with Gasteiger partial charge in [-0.25, -0.2) is 4.39 Å². The van der Waals surface area contributed by atoms with E-state index in [-0.39, 0.29) is 11.3 Å². The smallest absolute Gasteiger partial charge is 0.128 e. The summed E-state index contributed by atoms with van der Waals surface area (Å²) in [5.41, 5.74) is 6.70. The second-order valence-electron chi connectivity index (χ2n) is 3.98. The Morgan fingerprint density at radius 3 is 2.68 bits per heavy atom. The Labute approximate surface area is 112 Å². The first-order chi connectivity index (χ1) is 9.10. The van der Waals surface area contributed by atoms with Crippen molar-refractivity contribution in [3.05, 3.63) is 59.4 Å². The molecule has 19 heavy (non-hydrogen) atoms. The fraction of sp³-hybridized carbons (Fsp3) is 0.0714. The van der Waals surface area contributed by atoms with E-state index in [1.165, 1.54) is 12.1 Å². The Morgan fingerprint density at radius 2 is 2.05 bits per heavy atom. The number of halogens is 1. The summed E-state index contributed by atoms with van der Waals surface area (Å²) in [6, 6.07) is 12.7. The number of hydrogen-bond acceptors (Lipinski definition) is 3. The van der Waals surface area contributed by atoms with E-state index in [0.717, 1.165) is 6.07 Å². The molecule has 0 spiro atoms. The van der Waals surface area contributed by atoms with Gasteiger partial charge in [0.25, 0.3) is 0 Å². The number of rotatable bonds is 3. The van der Waals surface area contributed by atoms with Crippen molar-refractivity contribution < 1.29 is 8.60 Å². The first-order valence-electron chi connectivity index (χ1n) is 5.52. The van der Waals surface area contributed by atoms with Crippen molar-refractivity contribution in [2.75, 3.05) is 5.73 Å². The zero-order valence-corrected chi connectivity index (χ0v) is 10.8. The van der Waals surface area contributed by atoms with Crippen LogP contribution in [-0.2, 0) is 16.6 Å². The molecule has 0 bridgehead atoms. The van der Waals surface area contributed by atoms with E-state index in [2.05, 4.69) is 0 Å². The van der Waals surface area contributed by atoms with Gasteiger partial charge in [-0.15, -0.1) is 0 Å². The number of nitrogen functional groups attached to an aromatic ring is 1. The molecular weight excluding hydrogens is 263 g/mol. The molecule has 0 aliphatic heterocycles. The number of anilines is 1. The van der Waals surface area contributed by atoms with Crippen LogP contribution < -0.4 is 5.73 Å². The summed E-state index contributed by atoms with van der Waals surface area (Å²) in [5.74, 6) is -0.461. The molecule has 0 saturated carbocycles. The number of nitriles is 1. The van der Waals surface area contributed by atoms with Crippen molar-refractivity contribution in [1.29, 1.82) is 5.26 Å². The summed E-state index contributed by atoms with van der Waals surface area (Å²) in [5, 5.41) is 8.65. The lowest BCUT2D eigenvalue weighted by molar-refractivity contribution is 0.614. The summed E-state index contributed by atoms with van der Waals surface area (Å²) in [4.78, 5) is 0.559. The quantitative estimate of drug-likeness (QED) is 0.875. The van der Waals surface area contributed by atoms with E-state index in [4.69, 9.17) is 11.0 Å². The normalized spacial score (nSPS) is 11.8. The van der Waals surface area contributed by atoms with Crippen LogP contribution in [0.4, 0.5) is 10.1 Å². The van der Waals surface area contributed by atoms with Crippen LogP contribution in [0, 0.1) is 17.1 Å². The Kier molecular flexibility index (Phi) is 3.93. The highest BCUT2D eigenvalue weighted by atomic mass is 32.2. The van der Waals surface area contributed by atoms with Gasteiger partial charge in [0.15, 0.2) is 0 Å². The van der Waals surface area contributed by atoms with E-state index < -0.39 is 16.6 Å². The van der Waals surface area contributed by atoms with Crippen LogP contribution in [0.2, 0.25) is 0 Å². The maximum Gasteiger partial charge on any atom is 0.128 e. The van der Waals surface area contributed by atoms with Crippen LogP contribution in [0.25, 0.3) is 0 Å². The molecule has 96 valence electrons. The Balaban J connectivity index is 2.22. The maximum atomic E-state index is 13.7. The predicted octanol–water partition coefficient (Wildman–Crippen LogP) is 2.59. The average Bonchev–Trinajstić information content (AvgIpc) is 2.41. The van der Waals surface area contributed by atoms with Gasteiger partial charge in [0.1, 0.15) is 5.82 Å². The van der Waals surface area contributed by atoms with Gasteiger partial charge in [0.2, 0.25) is 0 Å². The molecule has 2 N–H and O–H groups in total. The summed E-state index contributed by atoms with van der Waals surface area (Å²) in [6.45, 7) is 0. The molecule has 0 radical (unpaired) electrons. The predicted molar refractivity (Wildman–Crippen MR) is 72.1 cm³/mol. The van der Waals surface area contributed by atoms with Crippen LogP contribution in [0.1, 0.15) is 11.1 Å². The average molecular weight is 274 g/mol. The van der Waals surface area contributed by atoms with Gasteiger partial charge in [-0.2, -0.15) is 5.26 Å². The standard InChI is InChI=1S/C14H11FN2OS/c15-14-6-10(8-16)4-5-11(14)9-19(18)13-3-1-2-12(17)7-13/h1-7H,9,17H2. The largest absolute Gasteiger partial charge is 0.399 e. The summed E-state index contributed by atoms with van der Waals surface area (Å²) in [7, 11) is -1.37. The van der Waals surface area contributed by atoms with E-state index >= 15 is 0 Å². The zero-order valence-electron chi connectivity index (χ0n) is 9.97. The topological polar surface area (TPSA) is 66.9 Å². The fourth-order valence-corrected chi connectivity index (χ4v) is 2.80. The summed E-state index contributed by atoms with van der Waals surface area (Å²) >= 11 is 0. The molecule has 0 saturated heterocycles. The number of benzene rings is 2. The van der Waals surface area contributed by atoms with Gasteiger partial charge < -0.3 is 5.73 Å². The minimum absolute atomic E-state index is 0.0565. The number of nitrogens with two attached hydrogens (primary N) is 1. The molecule has 5 heteroatoms. The van der Waals surface area contributed by atoms with Gasteiger partial charge >= 0.3 is 0 Å². The first kappa shape index (κ1) is 13.2. The molecule has 0 aliphatic rings. The molecule has 2 rings (SSSR count). The molecule has 1 atom stereocenters. The minimum Gasteiger partial charge on any atom is -0.399 e. The van der Waals surface area contributed by atoms with Gasteiger partial charge in [0, 0.05) is 16.1 Å². The lowest BCUT2D eigenvalue weighted by Crippen LogP contribution is -2.00. The Bertz CT molecular complexity index is 679. The maximum absolute atomic E-state index is 13.7. The van der Waals surface area contributed by atoms with Crippen LogP contribution in [0.15, 0.2) is 47.4 Å². The lowest BCUT2D eigenvalue weighted by atomic mass is 10.1. The van der Waals surface area contributed by atoms with E-state index in [9.17, 15) is 8.60 Å². The van der Waals surface area contributed by atoms with Crippen molar-refractivity contribution in [3.8, 4) is 6.07 Å². The molecule has 1 unspecified atom stereocenters. The first-order valence-corrected chi connectivity index (χ1v) is 6.84. The monoisotopic (exact) mass is 274 g/mol.